The first-order valence-electron chi connectivity index (χ1n) is 9.34. The summed E-state index contributed by atoms with van der Waals surface area (Å²) < 4.78 is 5.25. The molecule has 0 bridgehead atoms. The van der Waals surface area contributed by atoms with Gasteiger partial charge in [0.25, 0.3) is 0 Å². The van der Waals surface area contributed by atoms with Crippen LogP contribution < -0.4 is 0 Å². The van der Waals surface area contributed by atoms with E-state index in [4.69, 9.17) is 4.74 Å². The van der Waals surface area contributed by atoms with Crippen LogP contribution in [0, 0.1) is 5.92 Å². The molecule has 25 heavy (non-hydrogen) atoms. The zero-order valence-corrected chi connectivity index (χ0v) is 15.7. The minimum Gasteiger partial charge on any atom is -0.464 e. The topological polar surface area (TPSA) is 46.6 Å². The molecule has 0 N–H and O–H groups in total. The Morgan fingerprint density at radius 2 is 1.88 bits per heavy atom. The van der Waals surface area contributed by atoms with Crippen molar-refractivity contribution in [1.29, 1.82) is 0 Å². The number of esters is 1. The van der Waals surface area contributed by atoms with Crippen molar-refractivity contribution < 1.29 is 14.3 Å². The SMILES string of the molecule is CCOC(=O)[C@@H]1CS[C@@H](C2CCCCC2)N1C(=O)Cc1ccccc1. The van der Waals surface area contributed by atoms with Crippen LogP contribution in [-0.4, -0.2) is 40.6 Å². The lowest BCUT2D eigenvalue weighted by Crippen LogP contribution is -2.49. The molecule has 0 radical (unpaired) electrons. The first-order valence-corrected chi connectivity index (χ1v) is 10.4. The van der Waals surface area contributed by atoms with E-state index in [-0.39, 0.29) is 17.3 Å². The number of rotatable bonds is 5. The van der Waals surface area contributed by atoms with Crippen LogP contribution in [0.25, 0.3) is 0 Å². The third-order valence-corrected chi connectivity index (χ3v) is 6.59. The van der Waals surface area contributed by atoms with Crippen molar-refractivity contribution in [3.63, 3.8) is 0 Å². The van der Waals surface area contributed by atoms with Gasteiger partial charge in [-0.05, 0) is 31.2 Å². The maximum absolute atomic E-state index is 13.1. The Bertz CT molecular complexity index is 586. The van der Waals surface area contributed by atoms with Gasteiger partial charge in [-0.2, -0.15) is 0 Å². The molecule has 1 aromatic carbocycles. The highest BCUT2D eigenvalue weighted by molar-refractivity contribution is 8.00. The summed E-state index contributed by atoms with van der Waals surface area (Å²) in [6.07, 6.45) is 6.40. The summed E-state index contributed by atoms with van der Waals surface area (Å²) in [5.74, 6) is 0.943. The number of amides is 1. The maximum Gasteiger partial charge on any atom is 0.329 e. The number of hydrogen-bond donors (Lipinski definition) is 0. The normalized spacial score (nSPS) is 24.3. The maximum atomic E-state index is 13.1. The number of carbonyl (C=O) groups excluding carboxylic acids is 2. The zero-order chi connectivity index (χ0) is 17.6. The molecule has 0 aromatic heterocycles. The summed E-state index contributed by atoms with van der Waals surface area (Å²) >= 11 is 1.76. The van der Waals surface area contributed by atoms with E-state index in [1.54, 1.807) is 11.8 Å². The summed E-state index contributed by atoms with van der Waals surface area (Å²) in [5.41, 5.74) is 0.995. The third-order valence-electron chi connectivity index (χ3n) is 5.13. The quantitative estimate of drug-likeness (QED) is 0.751. The first kappa shape index (κ1) is 18.3. The van der Waals surface area contributed by atoms with Crippen LogP contribution in [0.4, 0.5) is 0 Å². The van der Waals surface area contributed by atoms with Crippen LogP contribution >= 0.6 is 11.8 Å². The summed E-state index contributed by atoms with van der Waals surface area (Å²) in [5, 5.41) is 0.117. The molecule has 5 heteroatoms. The fourth-order valence-corrected chi connectivity index (χ4v) is 5.55. The number of thioether (sulfide) groups is 1. The molecular weight excluding hydrogens is 334 g/mol. The van der Waals surface area contributed by atoms with Gasteiger partial charge in [0.15, 0.2) is 0 Å². The molecule has 1 aromatic rings. The monoisotopic (exact) mass is 361 g/mol. The molecule has 2 fully saturated rings. The molecule has 0 spiro atoms. The molecule has 136 valence electrons. The molecule has 1 saturated carbocycles. The molecule has 1 saturated heterocycles. The summed E-state index contributed by atoms with van der Waals surface area (Å²) in [4.78, 5) is 27.4. The zero-order valence-electron chi connectivity index (χ0n) is 14.9. The summed E-state index contributed by atoms with van der Waals surface area (Å²) in [7, 11) is 0. The Balaban J connectivity index is 1.78. The lowest BCUT2D eigenvalue weighted by atomic mass is 9.88. The molecule has 1 heterocycles. The Hall–Kier alpha value is -1.49. The van der Waals surface area contributed by atoms with Gasteiger partial charge < -0.3 is 9.64 Å². The van der Waals surface area contributed by atoms with Crippen LogP contribution in [-0.2, 0) is 20.7 Å². The predicted octanol–water partition coefficient (Wildman–Crippen LogP) is 3.64. The van der Waals surface area contributed by atoms with Crippen LogP contribution in [0.2, 0.25) is 0 Å². The largest absolute Gasteiger partial charge is 0.464 e. The van der Waals surface area contributed by atoms with Crippen LogP contribution in [0.1, 0.15) is 44.6 Å². The van der Waals surface area contributed by atoms with Gasteiger partial charge in [-0.1, -0.05) is 49.6 Å². The van der Waals surface area contributed by atoms with Gasteiger partial charge >= 0.3 is 5.97 Å². The van der Waals surface area contributed by atoms with Crippen molar-refractivity contribution in [2.45, 2.75) is 56.9 Å². The van der Waals surface area contributed by atoms with Crippen LogP contribution in [0.15, 0.2) is 30.3 Å². The van der Waals surface area contributed by atoms with Gasteiger partial charge in [0.2, 0.25) is 5.91 Å². The lowest BCUT2D eigenvalue weighted by Gasteiger charge is -2.35. The van der Waals surface area contributed by atoms with Crippen molar-refractivity contribution >= 4 is 23.6 Å². The van der Waals surface area contributed by atoms with Crippen molar-refractivity contribution in [3.8, 4) is 0 Å². The van der Waals surface area contributed by atoms with Crippen molar-refractivity contribution in [2.75, 3.05) is 12.4 Å². The number of nitrogens with zero attached hydrogens (tertiary/aromatic N) is 1. The molecule has 4 nitrogen and oxygen atoms in total. The molecule has 0 unspecified atom stereocenters. The van der Waals surface area contributed by atoms with E-state index in [1.807, 2.05) is 42.2 Å². The Morgan fingerprint density at radius 3 is 2.56 bits per heavy atom. The summed E-state index contributed by atoms with van der Waals surface area (Å²) in [6.45, 7) is 2.17. The van der Waals surface area contributed by atoms with Crippen molar-refractivity contribution in [3.05, 3.63) is 35.9 Å². The van der Waals surface area contributed by atoms with Gasteiger partial charge in [-0.25, -0.2) is 4.79 Å². The molecule has 1 aliphatic heterocycles. The van der Waals surface area contributed by atoms with Crippen LogP contribution in [0.5, 0.6) is 0 Å². The van der Waals surface area contributed by atoms with Crippen LogP contribution in [0.3, 0.4) is 0 Å². The van der Waals surface area contributed by atoms with Crippen molar-refractivity contribution in [2.24, 2.45) is 5.92 Å². The highest BCUT2D eigenvalue weighted by Crippen LogP contribution is 2.41. The third kappa shape index (κ3) is 4.38. The fraction of sp³-hybridized carbons (Fsp3) is 0.600. The van der Waals surface area contributed by atoms with E-state index >= 15 is 0 Å². The smallest absolute Gasteiger partial charge is 0.329 e. The lowest BCUT2D eigenvalue weighted by molar-refractivity contribution is -0.154. The van der Waals surface area contributed by atoms with Crippen molar-refractivity contribution in [1.82, 2.24) is 4.90 Å². The second kappa shape index (κ2) is 8.75. The Kier molecular flexibility index (Phi) is 6.40. The molecule has 1 amide bonds. The molecule has 3 rings (SSSR count). The minimum absolute atomic E-state index is 0.0461. The van der Waals surface area contributed by atoms with Gasteiger partial charge in [-0.15, -0.1) is 11.8 Å². The van der Waals surface area contributed by atoms with E-state index in [1.165, 1.54) is 19.3 Å². The van der Waals surface area contributed by atoms with Gasteiger partial charge in [0, 0.05) is 5.75 Å². The molecular formula is C20H27NO3S. The number of hydrogen-bond acceptors (Lipinski definition) is 4. The molecule has 1 aliphatic carbocycles. The summed E-state index contributed by atoms with van der Waals surface area (Å²) in [6, 6.07) is 9.34. The molecule has 2 aliphatic rings. The van der Waals surface area contributed by atoms with E-state index in [0.717, 1.165) is 18.4 Å². The fourth-order valence-electron chi connectivity index (χ4n) is 3.91. The van der Waals surface area contributed by atoms with E-state index < -0.39 is 6.04 Å². The second-order valence-corrected chi connectivity index (χ2v) is 8.00. The van der Waals surface area contributed by atoms with Gasteiger partial charge in [-0.3, -0.25) is 4.79 Å². The highest BCUT2D eigenvalue weighted by Gasteiger charge is 2.45. The first-order chi connectivity index (χ1) is 12.2. The highest BCUT2D eigenvalue weighted by atomic mass is 32.2. The standard InChI is InChI=1S/C20H27NO3S/c1-2-24-20(23)17-14-25-19(16-11-7-4-8-12-16)21(17)18(22)13-15-9-5-3-6-10-15/h3,5-6,9-10,16-17,19H,2,4,7-8,11-14H2,1H3/t17-,19-/m0/s1. The average Bonchev–Trinajstić information content (AvgIpc) is 3.09. The van der Waals surface area contributed by atoms with E-state index in [0.29, 0.717) is 24.7 Å². The number of ether oxygens (including phenoxy) is 1. The van der Waals surface area contributed by atoms with Gasteiger partial charge in [0.05, 0.1) is 18.4 Å². The minimum atomic E-state index is -0.437. The van der Waals surface area contributed by atoms with Gasteiger partial charge in [0.1, 0.15) is 6.04 Å². The Labute approximate surface area is 154 Å². The Morgan fingerprint density at radius 1 is 1.16 bits per heavy atom. The van der Waals surface area contributed by atoms with E-state index in [2.05, 4.69) is 0 Å². The number of benzene rings is 1. The average molecular weight is 362 g/mol. The van der Waals surface area contributed by atoms with E-state index in [9.17, 15) is 9.59 Å². The second-order valence-electron chi connectivity index (χ2n) is 6.85. The number of carbonyl (C=O) groups is 2. The predicted molar refractivity (Wildman–Crippen MR) is 100 cm³/mol. The molecule has 2 atom stereocenters.